The first kappa shape index (κ1) is 12.9. The topological polar surface area (TPSA) is 70.2 Å². The van der Waals surface area contributed by atoms with Crippen molar-refractivity contribution in [3.8, 4) is 11.4 Å². The van der Waals surface area contributed by atoms with Crippen LogP contribution < -0.4 is 4.74 Å². The molecular weight excluding hydrogens is 267 g/mol. The van der Waals surface area contributed by atoms with E-state index in [0.717, 1.165) is 24.7 Å². The summed E-state index contributed by atoms with van der Waals surface area (Å²) in [5.41, 5.74) is 0.266. The molecule has 9 heteroatoms. The first-order valence-electron chi connectivity index (χ1n) is 4.90. The third-order valence-corrected chi connectivity index (χ3v) is 2.11. The van der Waals surface area contributed by atoms with Gasteiger partial charge in [0.1, 0.15) is 11.9 Å². The predicted octanol–water partition coefficient (Wildman–Crippen LogP) is 2.68. The van der Waals surface area contributed by atoms with Crippen LogP contribution in [0.4, 0.5) is 19.0 Å². The molecule has 0 bridgehead atoms. The molecule has 1 heterocycles. The molecule has 0 aliphatic carbocycles. The van der Waals surface area contributed by atoms with E-state index in [1.54, 1.807) is 0 Å². The smallest absolute Gasteiger partial charge is 0.406 e. The molecule has 0 unspecified atom stereocenters. The number of nitro groups is 1. The van der Waals surface area contributed by atoms with E-state index in [0.29, 0.717) is 0 Å². The Morgan fingerprint density at radius 3 is 2.68 bits per heavy atom. The third-order valence-electron chi connectivity index (χ3n) is 2.11. The van der Waals surface area contributed by atoms with E-state index in [9.17, 15) is 23.3 Å². The standard InChI is InChI=1S/C10H6F3N3O3/c11-10(12,13)19-8-3-1-2-7(4-8)15-5-9(14-6-15)16(17)18/h1-6H. The Balaban J connectivity index is 2.29. The summed E-state index contributed by atoms with van der Waals surface area (Å²) in [6.45, 7) is 0. The largest absolute Gasteiger partial charge is 0.573 e. The highest BCUT2D eigenvalue weighted by atomic mass is 19.4. The molecule has 0 aliphatic heterocycles. The maximum absolute atomic E-state index is 12.1. The van der Waals surface area contributed by atoms with Gasteiger partial charge in [-0.3, -0.25) is 4.57 Å². The van der Waals surface area contributed by atoms with Crippen molar-refractivity contribution in [2.45, 2.75) is 6.36 Å². The van der Waals surface area contributed by atoms with Crippen molar-refractivity contribution in [1.29, 1.82) is 0 Å². The summed E-state index contributed by atoms with van der Waals surface area (Å²) >= 11 is 0. The molecule has 6 nitrogen and oxygen atoms in total. The van der Waals surface area contributed by atoms with Crippen molar-refractivity contribution in [2.24, 2.45) is 0 Å². The molecule has 2 aromatic rings. The van der Waals surface area contributed by atoms with Crippen LogP contribution in [0.25, 0.3) is 5.69 Å². The van der Waals surface area contributed by atoms with Crippen molar-refractivity contribution >= 4 is 5.82 Å². The van der Waals surface area contributed by atoms with Crippen molar-refractivity contribution in [2.75, 3.05) is 0 Å². The van der Waals surface area contributed by atoms with Gasteiger partial charge in [-0.25, -0.2) is 0 Å². The molecule has 0 saturated carbocycles. The minimum atomic E-state index is -4.79. The fraction of sp³-hybridized carbons (Fsp3) is 0.100. The van der Waals surface area contributed by atoms with Crippen LogP contribution in [0.3, 0.4) is 0 Å². The monoisotopic (exact) mass is 273 g/mol. The summed E-state index contributed by atoms with van der Waals surface area (Å²) < 4.78 is 41.1. The van der Waals surface area contributed by atoms with Crippen LogP contribution in [0, 0.1) is 10.1 Å². The average molecular weight is 273 g/mol. The first-order valence-corrected chi connectivity index (χ1v) is 4.90. The molecule has 2 rings (SSSR count). The molecule has 0 radical (unpaired) electrons. The lowest BCUT2D eigenvalue weighted by Gasteiger charge is -2.09. The van der Waals surface area contributed by atoms with Crippen LogP contribution in [0.2, 0.25) is 0 Å². The third kappa shape index (κ3) is 3.21. The van der Waals surface area contributed by atoms with Crippen LogP contribution >= 0.6 is 0 Å². The number of halogens is 3. The second-order valence-electron chi connectivity index (χ2n) is 3.44. The SMILES string of the molecule is O=[N+]([O-])c1cn(-c2cccc(OC(F)(F)F)c2)cn1. The number of hydrogen-bond acceptors (Lipinski definition) is 4. The van der Waals surface area contributed by atoms with Crippen LogP contribution in [-0.4, -0.2) is 20.8 Å². The van der Waals surface area contributed by atoms with Gasteiger partial charge in [-0.05, 0) is 22.0 Å². The van der Waals surface area contributed by atoms with Gasteiger partial charge in [0.2, 0.25) is 6.33 Å². The number of alkyl halides is 3. The van der Waals surface area contributed by atoms with Crippen molar-refractivity contribution < 1.29 is 22.8 Å². The summed E-state index contributed by atoms with van der Waals surface area (Å²) in [6.07, 6.45) is -2.57. The number of imidazole rings is 1. The van der Waals surface area contributed by atoms with Gasteiger partial charge < -0.3 is 14.9 Å². The minimum Gasteiger partial charge on any atom is -0.406 e. The zero-order valence-electron chi connectivity index (χ0n) is 9.16. The number of nitrogens with zero attached hydrogens (tertiary/aromatic N) is 3. The summed E-state index contributed by atoms with van der Waals surface area (Å²) in [5, 5.41) is 10.5. The zero-order valence-corrected chi connectivity index (χ0v) is 9.16. The lowest BCUT2D eigenvalue weighted by molar-refractivity contribution is -0.389. The van der Waals surface area contributed by atoms with Gasteiger partial charge >= 0.3 is 12.2 Å². The predicted molar refractivity (Wildman–Crippen MR) is 56.9 cm³/mol. The summed E-state index contributed by atoms with van der Waals surface area (Å²) in [6, 6.07) is 5.03. The minimum absolute atomic E-state index is 0.266. The molecule has 1 aromatic carbocycles. The first-order chi connectivity index (χ1) is 8.85. The summed E-state index contributed by atoms with van der Waals surface area (Å²) in [7, 11) is 0. The Morgan fingerprint density at radius 1 is 1.37 bits per heavy atom. The normalized spacial score (nSPS) is 11.3. The fourth-order valence-electron chi connectivity index (χ4n) is 1.39. The molecule has 100 valence electrons. The highest BCUT2D eigenvalue weighted by Crippen LogP contribution is 2.25. The molecule has 0 amide bonds. The number of benzene rings is 1. The lowest BCUT2D eigenvalue weighted by Crippen LogP contribution is -2.17. The second-order valence-corrected chi connectivity index (χ2v) is 3.44. The number of rotatable bonds is 3. The molecule has 19 heavy (non-hydrogen) atoms. The molecule has 1 aromatic heterocycles. The molecule has 0 N–H and O–H groups in total. The van der Waals surface area contributed by atoms with Crippen molar-refractivity contribution in [3.63, 3.8) is 0 Å². The van der Waals surface area contributed by atoms with Crippen molar-refractivity contribution in [1.82, 2.24) is 9.55 Å². The lowest BCUT2D eigenvalue weighted by atomic mass is 10.3. The van der Waals surface area contributed by atoms with Crippen LogP contribution in [-0.2, 0) is 0 Å². The average Bonchev–Trinajstić information content (AvgIpc) is 2.76. The Kier molecular flexibility index (Phi) is 3.11. The Labute approximate surface area is 104 Å². The van der Waals surface area contributed by atoms with Gasteiger partial charge in [0.15, 0.2) is 0 Å². The summed E-state index contributed by atoms with van der Waals surface area (Å²) in [4.78, 5) is 13.3. The Hall–Kier alpha value is -2.58. The molecule has 0 fully saturated rings. The van der Waals surface area contributed by atoms with E-state index in [4.69, 9.17) is 0 Å². The van der Waals surface area contributed by atoms with Gasteiger partial charge in [-0.15, -0.1) is 13.2 Å². The van der Waals surface area contributed by atoms with E-state index >= 15 is 0 Å². The number of ether oxygens (including phenoxy) is 1. The quantitative estimate of drug-likeness (QED) is 0.636. The van der Waals surface area contributed by atoms with E-state index < -0.39 is 22.9 Å². The fourth-order valence-corrected chi connectivity index (χ4v) is 1.39. The zero-order chi connectivity index (χ0) is 14.0. The van der Waals surface area contributed by atoms with E-state index in [2.05, 4.69) is 9.72 Å². The van der Waals surface area contributed by atoms with Crippen LogP contribution in [0.5, 0.6) is 5.75 Å². The maximum Gasteiger partial charge on any atom is 0.573 e. The van der Waals surface area contributed by atoms with Gasteiger partial charge in [-0.2, -0.15) is 0 Å². The Morgan fingerprint density at radius 2 is 2.11 bits per heavy atom. The highest BCUT2D eigenvalue weighted by Gasteiger charge is 2.31. The summed E-state index contributed by atoms with van der Waals surface area (Å²) in [5.74, 6) is -0.816. The molecule has 0 spiro atoms. The van der Waals surface area contributed by atoms with E-state index in [1.807, 2.05) is 0 Å². The van der Waals surface area contributed by atoms with Gasteiger partial charge in [-0.1, -0.05) is 6.07 Å². The van der Waals surface area contributed by atoms with Crippen LogP contribution in [0.1, 0.15) is 0 Å². The number of hydrogen-bond donors (Lipinski definition) is 0. The molecular formula is C10H6F3N3O3. The van der Waals surface area contributed by atoms with Gasteiger partial charge in [0.05, 0.1) is 5.69 Å². The Bertz CT molecular complexity index is 609. The maximum atomic E-state index is 12.1. The van der Waals surface area contributed by atoms with E-state index in [-0.39, 0.29) is 5.69 Å². The van der Waals surface area contributed by atoms with Gasteiger partial charge in [0, 0.05) is 6.07 Å². The molecule has 0 aliphatic rings. The van der Waals surface area contributed by atoms with Crippen molar-refractivity contribution in [3.05, 3.63) is 46.9 Å². The van der Waals surface area contributed by atoms with E-state index in [1.165, 1.54) is 16.7 Å². The highest BCUT2D eigenvalue weighted by molar-refractivity contribution is 5.40. The van der Waals surface area contributed by atoms with Gasteiger partial charge in [0.25, 0.3) is 0 Å². The number of aromatic nitrogens is 2. The molecule has 0 atom stereocenters. The second kappa shape index (κ2) is 4.59. The van der Waals surface area contributed by atoms with Crippen LogP contribution in [0.15, 0.2) is 36.8 Å². The molecule has 0 saturated heterocycles.